The summed E-state index contributed by atoms with van der Waals surface area (Å²) >= 11 is 0. The molecule has 0 aliphatic carbocycles. The molecule has 1 N–H and O–H groups in total. The zero-order valence-electron chi connectivity index (χ0n) is 13.5. The molecule has 0 aromatic heterocycles. The Bertz CT molecular complexity index is 414. The topological polar surface area (TPSA) is 15.3 Å². The average molecular weight is 274 g/mol. The van der Waals surface area contributed by atoms with Gasteiger partial charge >= 0.3 is 0 Å². The van der Waals surface area contributed by atoms with Gasteiger partial charge in [-0.05, 0) is 43.7 Å². The van der Waals surface area contributed by atoms with Crippen molar-refractivity contribution in [2.45, 2.75) is 65.0 Å². The number of benzene rings is 1. The first kappa shape index (κ1) is 15.4. The molecule has 2 unspecified atom stereocenters. The second-order valence-corrected chi connectivity index (χ2v) is 6.45. The van der Waals surface area contributed by atoms with Crippen molar-refractivity contribution in [3.63, 3.8) is 0 Å². The monoisotopic (exact) mass is 274 g/mol. The Kier molecular flexibility index (Phi) is 5.47. The lowest BCUT2D eigenvalue weighted by atomic mass is 9.99. The van der Waals surface area contributed by atoms with E-state index >= 15 is 0 Å². The number of hydrogen-bond donors (Lipinski definition) is 1. The minimum atomic E-state index is 0.592. The minimum absolute atomic E-state index is 0.592. The maximum absolute atomic E-state index is 3.75. The number of para-hydroxylation sites is 1. The van der Waals surface area contributed by atoms with E-state index in [9.17, 15) is 0 Å². The second kappa shape index (κ2) is 7.12. The van der Waals surface area contributed by atoms with E-state index in [-0.39, 0.29) is 0 Å². The van der Waals surface area contributed by atoms with E-state index in [1.54, 1.807) is 0 Å². The Morgan fingerprint density at radius 2 is 1.90 bits per heavy atom. The Morgan fingerprint density at radius 3 is 2.60 bits per heavy atom. The fourth-order valence-electron chi connectivity index (χ4n) is 3.17. The number of anilines is 1. The molecule has 1 saturated heterocycles. The van der Waals surface area contributed by atoms with E-state index < -0.39 is 0 Å². The Labute approximate surface area is 124 Å². The van der Waals surface area contributed by atoms with Crippen molar-refractivity contribution < 1.29 is 0 Å². The SMILES string of the molecule is CCC1CCN(c2ccccc2C(C)C)CCC(C)N1. The van der Waals surface area contributed by atoms with Crippen LogP contribution in [0.4, 0.5) is 5.69 Å². The molecule has 0 radical (unpaired) electrons. The third-order valence-electron chi connectivity index (χ3n) is 4.49. The van der Waals surface area contributed by atoms with Crippen LogP contribution in [0.15, 0.2) is 24.3 Å². The highest BCUT2D eigenvalue weighted by Crippen LogP contribution is 2.28. The maximum Gasteiger partial charge on any atom is 0.0401 e. The number of rotatable bonds is 3. The van der Waals surface area contributed by atoms with E-state index in [1.807, 2.05) is 0 Å². The van der Waals surface area contributed by atoms with Crippen LogP contribution in [-0.2, 0) is 0 Å². The van der Waals surface area contributed by atoms with Gasteiger partial charge < -0.3 is 10.2 Å². The van der Waals surface area contributed by atoms with Crippen LogP contribution in [0.25, 0.3) is 0 Å². The molecule has 1 aliphatic heterocycles. The molecule has 20 heavy (non-hydrogen) atoms. The summed E-state index contributed by atoms with van der Waals surface area (Å²) < 4.78 is 0. The fourth-order valence-corrected chi connectivity index (χ4v) is 3.17. The molecule has 1 aliphatic rings. The molecule has 0 bridgehead atoms. The third kappa shape index (κ3) is 3.76. The zero-order chi connectivity index (χ0) is 14.5. The van der Waals surface area contributed by atoms with Crippen LogP contribution in [0.5, 0.6) is 0 Å². The molecule has 1 aromatic rings. The molecule has 0 spiro atoms. The number of hydrogen-bond acceptors (Lipinski definition) is 2. The van der Waals surface area contributed by atoms with Crippen molar-refractivity contribution in [2.24, 2.45) is 0 Å². The lowest BCUT2D eigenvalue weighted by molar-refractivity contribution is 0.378. The molecule has 2 nitrogen and oxygen atoms in total. The van der Waals surface area contributed by atoms with Gasteiger partial charge in [0, 0.05) is 30.9 Å². The molecule has 0 saturated carbocycles. The van der Waals surface area contributed by atoms with Crippen LogP contribution >= 0.6 is 0 Å². The Balaban J connectivity index is 2.18. The van der Waals surface area contributed by atoms with Gasteiger partial charge in [-0.2, -0.15) is 0 Å². The van der Waals surface area contributed by atoms with Crippen molar-refractivity contribution in [2.75, 3.05) is 18.0 Å². The van der Waals surface area contributed by atoms with E-state index in [1.165, 1.54) is 37.1 Å². The number of nitrogens with zero attached hydrogens (tertiary/aromatic N) is 1. The highest BCUT2D eigenvalue weighted by Gasteiger charge is 2.19. The van der Waals surface area contributed by atoms with Crippen LogP contribution in [0.1, 0.15) is 58.4 Å². The van der Waals surface area contributed by atoms with Gasteiger partial charge in [0.25, 0.3) is 0 Å². The summed E-state index contributed by atoms with van der Waals surface area (Å²) in [6, 6.07) is 10.2. The summed E-state index contributed by atoms with van der Waals surface area (Å²) in [4.78, 5) is 2.61. The molecular formula is C18H30N2. The average Bonchev–Trinajstić information content (AvgIpc) is 2.43. The van der Waals surface area contributed by atoms with Crippen molar-refractivity contribution in [3.8, 4) is 0 Å². The fraction of sp³-hybridized carbons (Fsp3) is 0.667. The first-order valence-electron chi connectivity index (χ1n) is 8.21. The predicted octanol–water partition coefficient (Wildman–Crippen LogP) is 4.17. The first-order valence-corrected chi connectivity index (χ1v) is 8.21. The molecule has 2 rings (SSSR count). The van der Waals surface area contributed by atoms with Crippen LogP contribution in [0.3, 0.4) is 0 Å². The molecule has 2 heteroatoms. The van der Waals surface area contributed by atoms with Crippen LogP contribution in [0, 0.1) is 0 Å². The highest BCUT2D eigenvalue weighted by molar-refractivity contribution is 5.55. The minimum Gasteiger partial charge on any atom is -0.371 e. The standard InChI is InChI=1S/C18H30N2/c1-5-16-11-13-20(12-10-15(4)19-16)18-9-7-6-8-17(18)14(2)3/h6-9,14-16,19H,5,10-13H2,1-4H3. The quantitative estimate of drug-likeness (QED) is 0.890. The Hall–Kier alpha value is -1.02. The van der Waals surface area contributed by atoms with Crippen LogP contribution in [-0.4, -0.2) is 25.2 Å². The molecule has 0 amide bonds. The summed E-state index contributed by atoms with van der Waals surface area (Å²) in [5.74, 6) is 0.592. The summed E-state index contributed by atoms with van der Waals surface area (Å²) in [5, 5.41) is 3.75. The Morgan fingerprint density at radius 1 is 1.20 bits per heavy atom. The van der Waals surface area contributed by atoms with Gasteiger partial charge in [0.15, 0.2) is 0 Å². The molecule has 112 valence electrons. The van der Waals surface area contributed by atoms with E-state index in [2.05, 4.69) is 62.2 Å². The summed E-state index contributed by atoms with van der Waals surface area (Å²) in [7, 11) is 0. The van der Waals surface area contributed by atoms with Gasteiger partial charge in [0.2, 0.25) is 0 Å². The van der Waals surface area contributed by atoms with Crippen molar-refractivity contribution in [3.05, 3.63) is 29.8 Å². The van der Waals surface area contributed by atoms with Gasteiger partial charge in [-0.3, -0.25) is 0 Å². The van der Waals surface area contributed by atoms with Crippen molar-refractivity contribution in [1.82, 2.24) is 5.32 Å². The van der Waals surface area contributed by atoms with E-state index in [0.29, 0.717) is 18.0 Å². The molecule has 2 atom stereocenters. The smallest absolute Gasteiger partial charge is 0.0401 e. The van der Waals surface area contributed by atoms with E-state index in [0.717, 1.165) is 6.54 Å². The molecule has 1 fully saturated rings. The largest absolute Gasteiger partial charge is 0.371 e. The lowest BCUT2D eigenvalue weighted by Gasteiger charge is -2.34. The summed E-state index contributed by atoms with van der Waals surface area (Å²) in [5.41, 5.74) is 2.94. The molecule has 1 heterocycles. The highest BCUT2D eigenvalue weighted by atomic mass is 15.1. The van der Waals surface area contributed by atoms with E-state index in [4.69, 9.17) is 0 Å². The van der Waals surface area contributed by atoms with Gasteiger partial charge in [-0.15, -0.1) is 0 Å². The van der Waals surface area contributed by atoms with Crippen LogP contribution < -0.4 is 10.2 Å². The summed E-state index contributed by atoms with van der Waals surface area (Å²) in [6.07, 6.45) is 3.69. The predicted molar refractivity (Wildman–Crippen MR) is 88.7 cm³/mol. The zero-order valence-corrected chi connectivity index (χ0v) is 13.5. The second-order valence-electron chi connectivity index (χ2n) is 6.45. The van der Waals surface area contributed by atoms with Gasteiger partial charge in [0.1, 0.15) is 0 Å². The normalized spacial score (nSPS) is 24.6. The molecule has 1 aromatic carbocycles. The third-order valence-corrected chi connectivity index (χ3v) is 4.49. The lowest BCUT2D eigenvalue weighted by Crippen LogP contribution is -2.44. The van der Waals surface area contributed by atoms with Gasteiger partial charge in [0.05, 0.1) is 0 Å². The first-order chi connectivity index (χ1) is 9.61. The van der Waals surface area contributed by atoms with Crippen LogP contribution in [0.2, 0.25) is 0 Å². The van der Waals surface area contributed by atoms with Gasteiger partial charge in [-0.25, -0.2) is 0 Å². The number of nitrogens with one attached hydrogen (secondary N) is 1. The summed E-state index contributed by atoms with van der Waals surface area (Å²) in [6.45, 7) is 11.5. The molecular weight excluding hydrogens is 244 g/mol. The van der Waals surface area contributed by atoms with Crippen molar-refractivity contribution in [1.29, 1.82) is 0 Å². The van der Waals surface area contributed by atoms with Crippen molar-refractivity contribution >= 4 is 5.69 Å². The van der Waals surface area contributed by atoms with Gasteiger partial charge in [-0.1, -0.05) is 39.0 Å². The maximum atomic E-state index is 3.75.